The molecule has 0 aliphatic heterocycles. The van der Waals surface area contributed by atoms with E-state index in [1.165, 1.54) is 20.5 Å². The van der Waals surface area contributed by atoms with Gasteiger partial charge in [-0.3, -0.25) is 0 Å². The summed E-state index contributed by atoms with van der Waals surface area (Å²) in [5, 5.41) is 51.7. The van der Waals surface area contributed by atoms with E-state index >= 15 is 0 Å². The minimum atomic E-state index is -0.999. The first-order valence-corrected chi connectivity index (χ1v) is 14.2. The molecule has 0 bridgehead atoms. The Balaban J connectivity index is 1.39. The van der Waals surface area contributed by atoms with Crippen molar-refractivity contribution in [2.75, 3.05) is 0 Å². The van der Waals surface area contributed by atoms with E-state index in [4.69, 9.17) is 9.97 Å². The van der Waals surface area contributed by atoms with Gasteiger partial charge in [0.15, 0.2) is 17.3 Å². The van der Waals surface area contributed by atoms with Gasteiger partial charge in [-0.05, 0) is 36.1 Å². The number of hydrogen-bond donors (Lipinski definition) is 5. The van der Waals surface area contributed by atoms with Gasteiger partial charge in [-0.15, -0.1) is 11.3 Å². The maximum atomic E-state index is 10.4. The van der Waals surface area contributed by atoms with E-state index in [2.05, 4.69) is 30.4 Å². The average molecular weight is 573 g/mol. The molecule has 42 heavy (non-hydrogen) atoms. The molecule has 206 valence electrons. The van der Waals surface area contributed by atoms with Crippen LogP contribution in [0.4, 0.5) is 0 Å². The first kappa shape index (κ1) is 25.6. The smallest absolute Gasteiger partial charge is 0.208 e. The third kappa shape index (κ3) is 4.12. The van der Waals surface area contributed by atoms with Crippen LogP contribution in [0.15, 0.2) is 84.9 Å². The molecule has 7 rings (SSSR count). The lowest BCUT2D eigenvalue weighted by Crippen LogP contribution is -1.97. The molecule has 0 spiro atoms. The molecule has 5 N–H and O–H groups in total. The molecule has 0 saturated carbocycles. The Morgan fingerprint density at radius 3 is 2.02 bits per heavy atom. The molecular formula is C34H24N2O5S. The van der Waals surface area contributed by atoms with Gasteiger partial charge in [-0.1, -0.05) is 78.9 Å². The van der Waals surface area contributed by atoms with Crippen molar-refractivity contribution in [1.29, 1.82) is 0 Å². The Hall–Kier alpha value is -5.34. The van der Waals surface area contributed by atoms with Crippen LogP contribution in [-0.4, -0.2) is 35.5 Å². The zero-order chi connectivity index (χ0) is 29.0. The number of hydrogen-bond acceptors (Lipinski definition) is 8. The van der Waals surface area contributed by atoms with Gasteiger partial charge in [-0.25, -0.2) is 9.97 Å². The normalized spacial score (nSPS) is 12.5. The summed E-state index contributed by atoms with van der Waals surface area (Å²) in [6.45, 7) is 0. The lowest BCUT2D eigenvalue weighted by Gasteiger charge is -2.13. The summed E-state index contributed by atoms with van der Waals surface area (Å²) in [6, 6.07) is 24.9. The fourth-order valence-corrected chi connectivity index (χ4v) is 6.66. The standard InChI is InChI=1S/C34H24N2O5S/c37-29-27(30(38)32(40)33(41)31(29)39)19-13-15-20(16-14-19)34-35-23(18-7-2-1-3-8-18)17-24(36-34)21-10-6-12-26-28(21)22-9-4-5-11-25(22)42-26/h1-4,6-10,12-17,37-41H,5,11H2. The number of aromatic hydroxyl groups is 5. The Morgan fingerprint density at radius 2 is 1.29 bits per heavy atom. The van der Waals surface area contributed by atoms with Gasteiger partial charge in [-0.2, -0.15) is 0 Å². The predicted molar refractivity (Wildman–Crippen MR) is 165 cm³/mol. The van der Waals surface area contributed by atoms with Crippen LogP contribution in [0.2, 0.25) is 0 Å². The fourth-order valence-electron chi connectivity index (χ4n) is 5.43. The first-order valence-electron chi connectivity index (χ1n) is 13.4. The van der Waals surface area contributed by atoms with E-state index in [1.807, 2.05) is 47.7 Å². The summed E-state index contributed by atoms with van der Waals surface area (Å²) < 4.78 is 1.22. The molecule has 0 amide bonds. The zero-order valence-electron chi connectivity index (χ0n) is 22.1. The summed E-state index contributed by atoms with van der Waals surface area (Å²) in [4.78, 5) is 11.3. The summed E-state index contributed by atoms with van der Waals surface area (Å²) in [7, 11) is 0. The number of nitrogens with zero attached hydrogens (tertiary/aromatic N) is 2. The highest BCUT2D eigenvalue weighted by Gasteiger charge is 2.24. The minimum absolute atomic E-state index is 0.212. The summed E-state index contributed by atoms with van der Waals surface area (Å²) in [6.07, 6.45) is 6.50. The summed E-state index contributed by atoms with van der Waals surface area (Å²) in [5.41, 5.74) is 5.56. The second kappa shape index (κ2) is 9.94. The Bertz CT molecular complexity index is 2000. The van der Waals surface area contributed by atoms with Gasteiger partial charge in [0.1, 0.15) is 0 Å². The molecule has 0 radical (unpaired) electrons. The van der Waals surface area contributed by atoms with Crippen molar-refractivity contribution in [3.8, 4) is 73.8 Å². The van der Waals surface area contributed by atoms with Crippen LogP contribution in [0, 0.1) is 0 Å². The highest BCUT2D eigenvalue weighted by Crippen LogP contribution is 2.54. The highest BCUT2D eigenvalue weighted by molar-refractivity contribution is 7.19. The molecular weight excluding hydrogens is 548 g/mol. The van der Waals surface area contributed by atoms with Gasteiger partial charge in [0.25, 0.3) is 0 Å². The quantitative estimate of drug-likeness (QED) is 0.108. The monoisotopic (exact) mass is 572 g/mol. The Kier molecular flexibility index (Phi) is 6.06. The summed E-state index contributed by atoms with van der Waals surface area (Å²) in [5.74, 6) is -3.86. The van der Waals surface area contributed by atoms with Crippen molar-refractivity contribution in [2.24, 2.45) is 0 Å². The van der Waals surface area contributed by atoms with Crippen LogP contribution in [0.3, 0.4) is 0 Å². The Morgan fingerprint density at radius 1 is 0.619 bits per heavy atom. The fraction of sp³-hybridized carbons (Fsp3) is 0.0588. The topological polar surface area (TPSA) is 127 Å². The average Bonchev–Trinajstić information content (AvgIpc) is 3.42. The molecule has 0 atom stereocenters. The molecule has 1 aliphatic carbocycles. The lowest BCUT2D eigenvalue weighted by atomic mass is 9.97. The van der Waals surface area contributed by atoms with Gasteiger partial charge < -0.3 is 25.5 Å². The van der Waals surface area contributed by atoms with Gasteiger partial charge in [0.2, 0.25) is 17.2 Å². The molecule has 0 fully saturated rings. The number of phenolic OH excluding ortho intramolecular Hbond substituents is 5. The third-order valence-corrected chi connectivity index (χ3v) is 8.76. The van der Waals surface area contributed by atoms with Gasteiger partial charge in [0, 0.05) is 31.7 Å². The van der Waals surface area contributed by atoms with E-state index in [1.54, 1.807) is 24.3 Å². The number of fused-ring (bicyclic) bond motifs is 3. The van der Waals surface area contributed by atoms with Crippen LogP contribution in [-0.2, 0) is 6.42 Å². The number of benzene rings is 4. The predicted octanol–water partition coefficient (Wildman–Crippen LogP) is 7.85. The summed E-state index contributed by atoms with van der Waals surface area (Å²) >= 11 is 1.83. The van der Waals surface area contributed by atoms with E-state index < -0.39 is 28.7 Å². The SMILES string of the molecule is Oc1c(O)c(O)c(-c2ccc(-c3nc(-c4ccccc4)cc(-c4cccc5sc6c(c45)C=CCC6)n3)cc2)c(O)c1O. The minimum Gasteiger partial charge on any atom is -0.504 e. The van der Waals surface area contributed by atoms with E-state index in [0.29, 0.717) is 17.0 Å². The molecule has 0 unspecified atom stereocenters. The van der Waals surface area contributed by atoms with Crippen molar-refractivity contribution in [3.63, 3.8) is 0 Å². The number of allylic oxidation sites excluding steroid dienone is 1. The zero-order valence-corrected chi connectivity index (χ0v) is 22.9. The molecule has 2 heterocycles. The number of aryl methyl sites for hydroxylation is 1. The lowest BCUT2D eigenvalue weighted by molar-refractivity contribution is 0.330. The largest absolute Gasteiger partial charge is 0.504 e. The first-order chi connectivity index (χ1) is 20.4. The highest BCUT2D eigenvalue weighted by atomic mass is 32.1. The third-order valence-electron chi connectivity index (χ3n) is 7.53. The number of phenols is 5. The Labute approximate surface area is 244 Å². The van der Waals surface area contributed by atoms with Crippen LogP contribution in [0.1, 0.15) is 16.9 Å². The molecule has 4 aromatic carbocycles. The second-order valence-corrected chi connectivity index (χ2v) is 11.2. The van der Waals surface area contributed by atoms with E-state index in [-0.39, 0.29) is 5.56 Å². The molecule has 2 aromatic heterocycles. The van der Waals surface area contributed by atoms with Crippen LogP contribution in [0.5, 0.6) is 28.7 Å². The van der Waals surface area contributed by atoms with Crippen molar-refractivity contribution in [2.45, 2.75) is 12.8 Å². The van der Waals surface area contributed by atoms with Crippen molar-refractivity contribution < 1.29 is 25.5 Å². The number of aromatic nitrogens is 2. The molecule has 0 saturated heterocycles. The van der Waals surface area contributed by atoms with Crippen molar-refractivity contribution in [1.82, 2.24) is 9.97 Å². The van der Waals surface area contributed by atoms with Gasteiger partial charge >= 0.3 is 0 Å². The number of rotatable bonds is 4. The van der Waals surface area contributed by atoms with Crippen molar-refractivity contribution >= 4 is 27.5 Å². The number of thiophene rings is 1. The molecule has 8 heteroatoms. The van der Waals surface area contributed by atoms with Crippen LogP contribution >= 0.6 is 11.3 Å². The second-order valence-electron chi connectivity index (χ2n) is 10.1. The maximum absolute atomic E-state index is 10.4. The van der Waals surface area contributed by atoms with Crippen LogP contribution in [0.25, 0.3) is 61.2 Å². The maximum Gasteiger partial charge on any atom is 0.208 e. The van der Waals surface area contributed by atoms with Gasteiger partial charge in [0.05, 0.1) is 17.0 Å². The van der Waals surface area contributed by atoms with Crippen molar-refractivity contribution in [3.05, 3.63) is 95.4 Å². The molecule has 7 nitrogen and oxygen atoms in total. The van der Waals surface area contributed by atoms with E-state index in [9.17, 15) is 25.5 Å². The molecule has 1 aliphatic rings. The molecule has 6 aromatic rings. The van der Waals surface area contributed by atoms with E-state index in [0.717, 1.165) is 35.4 Å². The van der Waals surface area contributed by atoms with Crippen LogP contribution < -0.4 is 0 Å².